The maximum absolute atomic E-state index is 12.1. The van der Waals surface area contributed by atoms with Gasteiger partial charge in [-0.2, -0.15) is 0 Å². The second-order valence-corrected chi connectivity index (χ2v) is 6.46. The molecule has 6 nitrogen and oxygen atoms in total. The van der Waals surface area contributed by atoms with Crippen molar-refractivity contribution in [2.24, 2.45) is 5.92 Å². The van der Waals surface area contributed by atoms with Gasteiger partial charge in [-0.15, -0.1) is 0 Å². The van der Waals surface area contributed by atoms with Crippen LogP contribution >= 0.6 is 0 Å². The van der Waals surface area contributed by atoms with E-state index in [1.165, 1.54) is 33.0 Å². The molecular formula is C17H25N3O3. The molecule has 23 heavy (non-hydrogen) atoms. The Hall–Kier alpha value is -1.95. The van der Waals surface area contributed by atoms with Crippen LogP contribution in [0.3, 0.4) is 0 Å². The normalized spacial score (nSPS) is 26.7. The smallest absolute Gasteiger partial charge is 0.306 e. The number of nitrogens with zero attached hydrogens (tertiary/aromatic N) is 3. The van der Waals surface area contributed by atoms with Crippen LogP contribution in [0.15, 0.2) is 23.8 Å². The topological polar surface area (TPSA) is 60.9 Å². The molecule has 1 aliphatic heterocycles. The van der Waals surface area contributed by atoms with Gasteiger partial charge < -0.3 is 4.90 Å². The molecular weight excluding hydrogens is 294 g/mol. The highest BCUT2D eigenvalue weighted by molar-refractivity contribution is 6.28. The van der Waals surface area contributed by atoms with Crippen molar-refractivity contribution in [3.05, 3.63) is 23.8 Å². The molecule has 1 heterocycles. The summed E-state index contributed by atoms with van der Waals surface area (Å²) < 4.78 is 0. The van der Waals surface area contributed by atoms with Gasteiger partial charge in [0.15, 0.2) is 0 Å². The Kier molecular flexibility index (Phi) is 5.36. The number of hydrogen-bond acceptors (Lipinski definition) is 4. The van der Waals surface area contributed by atoms with Gasteiger partial charge in [0.2, 0.25) is 0 Å². The maximum atomic E-state index is 12.1. The molecule has 6 heteroatoms. The number of rotatable bonds is 3. The van der Waals surface area contributed by atoms with Crippen LogP contribution in [0.5, 0.6) is 0 Å². The van der Waals surface area contributed by atoms with E-state index in [0.717, 1.165) is 22.6 Å². The predicted octanol–water partition coefficient (Wildman–Crippen LogP) is 1.64. The van der Waals surface area contributed by atoms with E-state index >= 15 is 0 Å². The molecule has 1 saturated heterocycles. The molecule has 2 fully saturated rings. The average molecular weight is 319 g/mol. The fourth-order valence-corrected chi connectivity index (χ4v) is 3.29. The lowest BCUT2D eigenvalue weighted by Crippen LogP contribution is -2.52. The first kappa shape index (κ1) is 17.4. The molecule has 0 aromatic heterocycles. The summed E-state index contributed by atoms with van der Waals surface area (Å²) in [5.41, 5.74) is 0.0306. The highest BCUT2D eigenvalue weighted by Crippen LogP contribution is 2.28. The first-order valence-corrected chi connectivity index (χ1v) is 7.99. The molecule has 0 bridgehead atoms. The largest absolute Gasteiger partial charge is 0.333 e. The van der Waals surface area contributed by atoms with Gasteiger partial charge in [0.25, 0.3) is 11.8 Å². The van der Waals surface area contributed by atoms with E-state index in [1.54, 1.807) is 6.08 Å². The summed E-state index contributed by atoms with van der Waals surface area (Å²) in [5.74, 6) is -0.674. The lowest BCUT2D eigenvalue weighted by Gasteiger charge is -2.34. The van der Waals surface area contributed by atoms with Gasteiger partial charge in [0.05, 0.1) is 0 Å². The third-order valence-corrected chi connectivity index (χ3v) is 4.71. The molecule has 2 atom stereocenters. The number of hydrogen-bond donors (Lipinski definition) is 0. The van der Waals surface area contributed by atoms with Crippen molar-refractivity contribution >= 4 is 17.8 Å². The van der Waals surface area contributed by atoms with Crippen LogP contribution in [0.25, 0.3) is 0 Å². The molecule has 0 aromatic carbocycles. The van der Waals surface area contributed by atoms with Crippen molar-refractivity contribution in [3.8, 4) is 0 Å². The Labute approximate surface area is 137 Å². The number of carbonyl (C=O) groups is 3. The molecule has 126 valence electrons. The number of barbiturate groups is 1. The van der Waals surface area contributed by atoms with Gasteiger partial charge in [0.1, 0.15) is 5.57 Å². The van der Waals surface area contributed by atoms with Crippen molar-refractivity contribution in [2.45, 2.75) is 31.7 Å². The summed E-state index contributed by atoms with van der Waals surface area (Å²) >= 11 is 0. The number of carbonyl (C=O) groups excluding carboxylic acids is 3. The van der Waals surface area contributed by atoms with Crippen LogP contribution in [-0.4, -0.2) is 66.8 Å². The van der Waals surface area contributed by atoms with E-state index in [-0.39, 0.29) is 5.57 Å². The van der Waals surface area contributed by atoms with Crippen molar-refractivity contribution in [3.63, 3.8) is 0 Å². The van der Waals surface area contributed by atoms with Crippen LogP contribution in [0.1, 0.15) is 25.7 Å². The summed E-state index contributed by atoms with van der Waals surface area (Å²) in [7, 11) is 6.93. The second kappa shape index (κ2) is 7.08. The number of amides is 4. The number of likely N-dealkylation sites (N-methyl/N-ethyl adjacent to an activating group) is 2. The van der Waals surface area contributed by atoms with E-state index in [4.69, 9.17) is 0 Å². The molecule has 1 saturated carbocycles. The summed E-state index contributed by atoms with van der Waals surface area (Å²) in [6, 6.07) is -0.107. The van der Waals surface area contributed by atoms with Crippen LogP contribution < -0.4 is 0 Å². The highest BCUT2D eigenvalue weighted by Gasteiger charge is 2.37. The Bertz CT molecular complexity index is 539. The van der Waals surface area contributed by atoms with Crippen LogP contribution in [0, 0.1) is 5.92 Å². The summed E-state index contributed by atoms with van der Waals surface area (Å²) in [6.45, 7) is 0. The molecule has 0 aromatic rings. The Morgan fingerprint density at radius 1 is 1.00 bits per heavy atom. The number of allylic oxidation sites excluding steroid dienone is 2. The first-order chi connectivity index (χ1) is 10.8. The van der Waals surface area contributed by atoms with Crippen LogP contribution in [0.2, 0.25) is 0 Å². The van der Waals surface area contributed by atoms with Crippen molar-refractivity contribution in [2.75, 3.05) is 28.2 Å². The van der Waals surface area contributed by atoms with Crippen molar-refractivity contribution in [1.29, 1.82) is 0 Å². The van der Waals surface area contributed by atoms with Gasteiger partial charge in [-0.3, -0.25) is 19.4 Å². The molecule has 2 rings (SSSR count). The average Bonchev–Trinajstić information content (AvgIpc) is 2.54. The minimum atomic E-state index is -0.596. The van der Waals surface area contributed by atoms with E-state index in [1.807, 2.05) is 0 Å². The minimum Gasteiger partial charge on any atom is -0.306 e. The van der Waals surface area contributed by atoms with Gasteiger partial charge in [-0.1, -0.05) is 25.0 Å². The third-order valence-electron chi connectivity index (χ3n) is 4.71. The fourth-order valence-electron chi connectivity index (χ4n) is 3.29. The quantitative estimate of drug-likeness (QED) is 0.586. The van der Waals surface area contributed by atoms with Crippen LogP contribution in [-0.2, 0) is 9.59 Å². The SMILES string of the molecule is CN1C(=O)C(=C/C=C/C2CCCCC2N(C)C)C(=O)N(C)C1=O. The molecule has 1 aliphatic carbocycles. The van der Waals surface area contributed by atoms with E-state index in [0.29, 0.717) is 12.0 Å². The molecule has 0 N–H and O–H groups in total. The minimum absolute atomic E-state index is 0.0306. The maximum Gasteiger partial charge on any atom is 0.333 e. The zero-order valence-electron chi connectivity index (χ0n) is 14.3. The van der Waals surface area contributed by atoms with Gasteiger partial charge in [0, 0.05) is 20.1 Å². The zero-order valence-corrected chi connectivity index (χ0v) is 14.3. The van der Waals surface area contributed by atoms with Gasteiger partial charge >= 0.3 is 6.03 Å². The summed E-state index contributed by atoms with van der Waals surface area (Å²) in [6.07, 6.45) is 10.1. The highest BCUT2D eigenvalue weighted by atomic mass is 16.2. The zero-order chi connectivity index (χ0) is 17.1. The van der Waals surface area contributed by atoms with Crippen LogP contribution in [0.4, 0.5) is 4.79 Å². The standard InChI is InChI=1S/C17H25N3O3/c1-18(2)14-11-6-5-8-12(14)9-7-10-13-15(21)19(3)17(23)20(4)16(13)22/h7,9-10,12,14H,5-6,8,11H2,1-4H3/b9-7+. The number of imide groups is 2. The second-order valence-electron chi connectivity index (χ2n) is 6.46. The van der Waals surface area contributed by atoms with Crippen molar-refractivity contribution in [1.82, 2.24) is 14.7 Å². The van der Waals surface area contributed by atoms with E-state index in [2.05, 4.69) is 25.1 Å². The third kappa shape index (κ3) is 3.52. The molecule has 2 aliphatic rings. The Morgan fingerprint density at radius 3 is 2.13 bits per heavy atom. The molecule has 0 radical (unpaired) electrons. The molecule has 4 amide bonds. The summed E-state index contributed by atoms with van der Waals surface area (Å²) in [5, 5.41) is 0. The molecule has 0 spiro atoms. The van der Waals surface area contributed by atoms with E-state index in [9.17, 15) is 14.4 Å². The lowest BCUT2D eigenvalue weighted by molar-refractivity contribution is -0.134. The Morgan fingerprint density at radius 2 is 1.57 bits per heavy atom. The summed E-state index contributed by atoms with van der Waals surface area (Å²) in [4.78, 5) is 40.0. The van der Waals surface area contributed by atoms with Crippen molar-refractivity contribution < 1.29 is 14.4 Å². The molecule has 2 unspecified atom stereocenters. The number of urea groups is 1. The van der Waals surface area contributed by atoms with Gasteiger partial charge in [-0.05, 0) is 38.9 Å². The lowest BCUT2D eigenvalue weighted by atomic mass is 9.83. The fraction of sp³-hybridized carbons (Fsp3) is 0.588. The van der Waals surface area contributed by atoms with E-state index < -0.39 is 17.8 Å². The predicted molar refractivity (Wildman–Crippen MR) is 87.6 cm³/mol. The first-order valence-electron chi connectivity index (χ1n) is 7.99. The monoisotopic (exact) mass is 319 g/mol. The Balaban J connectivity index is 2.15. The van der Waals surface area contributed by atoms with Gasteiger partial charge in [-0.25, -0.2) is 4.79 Å².